The van der Waals surface area contributed by atoms with Gasteiger partial charge < -0.3 is 20.1 Å². The maximum atomic E-state index is 9.45. The molecule has 0 fully saturated rings. The van der Waals surface area contributed by atoms with Crippen molar-refractivity contribution in [2.45, 2.75) is 19.1 Å². The lowest BCUT2D eigenvalue weighted by Gasteiger charge is -2.12. The van der Waals surface area contributed by atoms with Crippen LogP contribution in [0.15, 0.2) is 42.5 Å². The Morgan fingerprint density at radius 2 is 2.09 bits per heavy atom. The van der Waals surface area contributed by atoms with Crippen molar-refractivity contribution >= 4 is 11.0 Å². The summed E-state index contributed by atoms with van der Waals surface area (Å²) in [6.45, 7) is 1.07. The molecule has 2 heterocycles. The van der Waals surface area contributed by atoms with Gasteiger partial charge in [-0.1, -0.05) is 24.3 Å². The van der Waals surface area contributed by atoms with Gasteiger partial charge in [-0.15, -0.1) is 0 Å². The molecule has 0 saturated heterocycles. The first-order chi connectivity index (χ1) is 11.3. The summed E-state index contributed by atoms with van der Waals surface area (Å²) in [6, 6.07) is 14.1. The number of benzene rings is 2. The first-order valence-corrected chi connectivity index (χ1v) is 7.87. The van der Waals surface area contributed by atoms with Gasteiger partial charge in [-0.3, -0.25) is 0 Å². The molecule has 0 bridgehead atoms. The molecule has 0 unspecified atom stereocenters. The van der Waals surface area contributed by atoms with Crippen LogP contribution in [-0.2, 0) is 13.0 Å². The Bertz CT molecular complexity index is 857. The van der Waals surface area contributed by atoms with Crippen LogP contribution in [0, 0.1) is 0 Å². The third-order valence-corrected chi connectivity index (χ3v) is 4.31. The lowest BCUT2D eigenvalue weighted by Crippen LogP contribution is -2.24. The predicted molar refractivity (Wildman–Crippen MR) is 89.4 cm³/mol. The lowest BCUT2D eigenvalue weighted by molar-refractivity contribution is 0.242. The molecule has 0 radical (unpaired) electrons. The molecule has 2 aromatic carbocycles. The van der Waals surface area contributed by atoms with Gasteiger partial charge in [0, 0.05) is 19.5 Å². The van der Waals surface area contributed by atoms with Crippen molar-refractivity contribution in [3.8, 4) is 17.1 Å². The summed E-state index contributed by atoms with van der Waals surface area (Å²) in [6.07, 6.45) is 0.863. The van der Waals surface area contributed by atoms with E-state index in [1.165, 1.54) is 5.56 Å². The SMILES string of the molecule is NC[C@H]1Cc2cccc(-c3nc4ccccc4n3CCO)c2O1. The summed E-state index contributed by atoms with van der Waals surface area (Å²) in [7, 11) is 0. The second kappa shape index (κ2) is 5.68. The Morgan fingerprint density at radius 1 is 1.22 bits per heavy atom. The average Bonchev–Trinajstić information content (AvgIpc) is 3.16. The van der Waals surface area contributed by atoms with Crippen molar-refractivity contribution in [1.29, 1.82) is 0 Å². The quantitative estimate of drug-likeness (QED) is 0.772. The molecule has 3 aromatic rings. The molecule has 5 heteroatoms. The first-order valence-electron chi connectivity index (χ1n) is 7.87. The van der Waals surface area contributed by atoms with E-state index in [9.17, 15) is 5.11 Å². The van der Waals surface area contributed by atoms with Crippen molar-refractivity contribution < 1.29 is 9.84 Å². The van der Waals surface area contributed by atoms with Gasteiger partial charge in [0.2, 0.25) is 0 Å². The summed E-state index contributed by atoms with van der Waals surface area (Å²) >= 11 is 0. The molecule has 1 aliphatic rings. The topological polar surface area (TPSA) is 73.3 Å². The van der Waals surface area contributed by atoms with Crippen LogP contribution in [0.25, 0.3) is 22.4 Å². The fraction of sp³-hybridized carbons (Fsp3) is 0.278. The van der Waals surface area contributed by atoms with Gasteiger partial charge in [-0.25, -0.2) is 4.98 Å². The zero-order valence-corrected chi connectivity index (χ0v) is 12.8. The molecule has 0 aliphatic carbocycles. The highest BCUT2D eigenvalue weighted by Gasteiger charge is 2.26. The second-order valence-electron chi connectivity index (χ2n) is 5.77. The number of imidazole rings is 1. The van der Waals surface area contributed by atoms with E-state index in [2.05, 4.69) is 6.07 Å². The number of hydrogen-bond acceptors (Lipinski definition) is 4. The standard InChI is InChI=1S/C18H19N3O2/c19-11-13-10-12-4-3-5-14(17(12)23-13)18-20-15-6-1-2-7-16(15)21(18)8-9-22/h1-7,13,22H,8-11,19H2/t13-/m1/s1. The summed E-state index contributed by atoms with van der Waals surface area (Å²) in [5.74, 6) is 1.70. The maximum absolute atomic E-state index is 9.45. The van der Waals surface area contributed by atoms with Crippen molar-refractivity contribution in [2.75, 3.05) is 13.2 Å². The first kappa shape index (κ1) is 14.2. The molecule has 0 amide bonds. The molecular formula is C18H19N3O2. The molecule has 23 heavy (non-hydrogen) atoms. The Hall–Kier alpha value is -2.37. The van der Waals surface area contributed by atoms with Crippen LogP contribution >= 0.6 is 0 Å². The van der Waals surface area contributed by atoms with Gasteiger partial charge in [0.05, 0.1) is 23.2 Å². The lowest BCUT2D eigenvalue weighted by atomic mass is 10.1. The Kier molecular flexibility index (Phi) is 3.52. The number of ether oxygens (including phenoxy) is 1. The van der Waals surface area contributed by atoms with Gasteiger partial charge in [0.1, 0.15) is 17.7 Å². The van der Waals surface area contributed by atoms with Crippen LogP contribution in [0.1, 0.15) is 5.56 Å². The van der Waals surface area contributed by atoms with Gasteiger partial charge in [0.25, 0.3) is 0 Å². The fourth-order valence-corrected chi connectivity index (χ4v) is 3.25. The third kappa shape index (κ3) is 2.29. The van der Waals surface area contributed by atoms with Gasteiger partial charge in [-0.2, -0.15) is 0 Å². The third-order valence-electron chi connectivity index (χ3n) is 4.31. The van der Waals surface area contributed by atoms with Gasteiger partial charge in [0.15, 0.2) is 0 Å². The van der Waals surface area contributed by atoms with Crippen molar-refractivity contribution in [1.82, 2.24) is 9.55 Å². The molecule has 1 aliphatic heterocycles. The van der Waals surface area contributed by atoms with E-state index < -0.39 is 0 Å². The number of aromatic nitrogens is 2. The zero-order chi connectivity index (χ0) is 15.8. The molecule has 3 N–H and O–H groups in total. The van der Waals surface area contributed by atoms with Crippen LogP contribution in [0.2, 0.25) is 0 Å². The second-order valence-corrected chi connectivity index (χ2v) is 5.77. The van der Waals surface area contributed by atoms with E-state index in [1.54, 1.807) is 0 Å². The monoisotopic (exact) mass is 309 g/mol. The fourth-order valence-electron chi connectivity index (χ4n) is 3.25. The summed E-state index contributed by atoms with van der Waals surface area (Å²) in [5.41, 5.74) is 9.83. The molecule has 1 atom stereocenters. The van der Waals surface area contributed by atoms with E-state index in [1.807, 2.05) is 41.0 Å². The molecule has 4 rings (SSSR count). The van der Waals surface area contributed by atoms with Gasteiger partial charge >= 0.3 is 0 Å². The molecular weight excluding hydrogens is 290 g/mol. The molecule has 0 saturated carbocycles. The van der Waals surface area contributed by atoms with Crippen LogP contribution in [0.4, 0.5) is 0 Å². The number of para-hydroxylation sites is 3. The van der Waals surface area contributed by atoms with E-state index in [-0.39, 0.29) is 12.7 Å². The number of rotatable bonds is 4. The number of nitrogens with zero attached hydrogens (tertiary/aromatic N) is 2. The predicted octanol–water partition coefficient (Wildman–Crippen LogP) is 1.96. The van der Waals surface area contributed by atoms with Crippen molar-refractivity contribution in [3.63, 3.8) is 0 Å². The van der Waals surface area contributed by atoms with E-state index in [4.69, 9.17) is 15.5 Å². The Labute approximate surface area is 134 Å². The van der Waals surface area contributed by atoms with Gasteiger partial charge in [-0.05, 0) is 23.8 Å². The number of aliphatic hydroxyl groups is 1. The summed E-state index contributed by atoms with van der Waals surface area (Å²) in [4.78, 5) is 4.77. The minimum atomic E-state index is 0.0295. The maximum Gasteiger partial charge on any atom is 0.144 e. The van der Waals surface area contributed by atoms with Crippen molar-refractivity contribution in [3.05, 3.63) is 48.0 Å². The average molecular weight is 309 g/mol. The van der Waals surface area contributed by atoms with E-state index in [0.29, 0.717) is 13.1 Å². The summed E-state index contributed by atoms with van der Waals surface area (Å²) < 4.78 is 8.08. The minimum Gasteiger partial charge on any atom is -0.488 e. The summed E-state index contributed by atoms with van der Waals surface area (Å²) in [5, 5.41) is 9.45. The van der Waals surface area contributed by atoms with Crippen LogP contribution < -0.4 is 10.5 Å². The van der Waals surface area contributed by atoms with Crippen molar-refractivity contribution in [2.24, 2.45) is 5.73 Å². The molecule has 118 valence electrons. The molecule has 5 nitrogen and oxygen atoms in total. The normalized spacial score (nSPS) is 16.5. The van der Waals surface area contributed by atoms with Crippen LogP contribution in [0.5, 0.6) is 5.75 Å². The highest BCUT2D eigenvalue weighted by atomic mass is 16.5. The van der Waals surface area contributed by atoms with E-state index >= 15 is 0 Å². The molecule has 1 aromatic heterocycles. The highest BCUT2D eigenvalue weighted by molar-refractivity contribution is 5.82. The number of aliphatic hydroxyl groups excluding tert-OH is 1. The highest BCUT2D eigenvalue weighted by Crippen LogP contribution is 2.39. The van der Waals surface area contributed by atoms with E-state index in [0.717, 1.165) is 34.6 Å². The Balaban J connectivity index is 1.91. The van der Waals surface area contributed by atoms with Crippen LogP contribution in [-0.4, -0.2) is 33.9 Å². The van der Waals surface area contributed by atoms with Crippen LogP contribution in [0.3, 0.4) is 0 Å². The zero-order valence-electron chi connectivity index (χ0n) is 12.8. The minimum absolute atomic E-state index is 0.0295. The molecule has 0 spiro atoms. The Morgan fingerprint density at radius 3 is 2.91 bits per heavy atom. The number of nitrogens with two attached hydrogens (primary N) is 1. The smallest absolute Gasteiger partial charge is 0.144 e. The number of fused-ring (bicyclic) bond motifs is 2. The largest absolute Gasteiger partial charge is 0.488 e. The number of hydrogen-bond donors (Lipinski definition) is 2.